The number of hydrogen-bond donors (Lipinski definition) is 0. The highest BCUT2D eigenvalue weighted by molar-refractivity contribution is 5.93. The summed E-state index contributed by atoms with van der Waals surface area (Å²) in [6, 6.07) is 14.7. The number of oxime groups is 1. The lowest BCUT2D eigenvalue weighted by Gasteiger charge is -2.16. The summed E-state index contributed by atoms with van der Waals surface area (Å²) in [5, 5.41) is 3.82. The number of likely N-dealkylation sites (N-methyl/N-ethyl adjacent to an activating group) is 1. The van der Waals surface area contributed by atoms with E-state index in [1.165, 1.54) is 11.1 Å². The molecular weight excluding hydrogens is 308 g/mol. The van der Waals surface area contributed by atoms with Gasteiger partial charge in [-0.25, -0.2) is 0 Å². The fraction of sp³-hybridized carbons (Fsp3) is 0.222. The molecular formula is C18H20N2O4. The van der Waals surface area contributed by atoms with Crippen molar-refractivity contribution in [2.24, 2.45) is 5.16 Å². The number of nitrogens with zero attached hydrogens (tertiary/aromatic N) is 2. The monoisotopic (exact) mass is 328 g/mol. The van der Waals surface area contributed by atoms with E-state index in [2.05, 4.69) is 5.16 Å². The molecule has 24 heavy (non-hydrogen) atoms. The highest BCUT2D eigenvalue weighted by Crippen LogP contribution is 2.26. The van der Waals surface area contributed by atoms with Gasteiger partial charge in [-0.05, 0) is 30.3 Å². The van der Waals surface area contributed by atoms with Crippen LogP contribution in [0.2, 0.25) is 0 Å². The largest absolute Gasteiger partial charge is 0.493 e. The SMILES string of the molecule is COc1ccc(/C=N\OCC(=O)N(C)c2ccccc2)cc1OC. The van der Waals surface area contributed by atoms with E-state index in [9.17, 15) is 4.79 Å². The summed E-state index contributed by atoms with van der Waals surface area (Å²) < 4.78 is 10.4. The number of amides is 1. The second-order valence-electron chi connectivity index (χ2n) is 4.91. The molecule has 1 amide bonds. The first-order valence-corrected chi connectivity index (χ1v) is 7.34. The zero-order valence-corrected chi connectivity index (χ0v) is 13.9. The highest BCUT2D eigenvalue weighted by atomic mass is 16.6. The van der Waals surface area contributed by atoms with E-state index < -0.39 is 0 Å². The molecule has 0 aliphatic carbocycles. The summed E-state index contributed by atoms with van der Waals surface area (Å²) in [7, 11) is 4.83. The van der Waals surface area contributed by atoms with Crippen molar-refractivity contribution < 1.29 is 19.1 Å². The molecule has 0 heterocycles. The first-order chi connectivity index (χ1) is 11.7. The topological polar surface area (TPSA) is 60.4 Å². The normalized spacial score (nSPS) is 10.5. The van der Waals surface area contributed by atoms with Gasteiger partial charge in [0, 0.05) is 18.3 Å². The third-order valence-electron chi connectivity index (χ3n) is 3.39. The maximum Gasteiger partial charge on any atom is 0.267 e. The molecule has 0 aliphatic rings. The van der Waals surface area contributed by atoms with Gasteiger partial charge in [0.1, 0.15) is 0 Å². The molecule has 0 unspecified atom stereocenters. The number of benzene rings is 2. The first kappa shape index (κ1) is 17.3. The first-order valence-electron chi connectivity index (χ1n) is 7.34. The third-order valence-corrected chi connectivity index (χ3v) is 3.39. The lowest BCUT2D eigenvalue weighted by molar-refractivity contribution is -0.122. The van der Waals surface area contributed by atoms with Crippen LogP contribution < -0.4 is 14.4 Å². The van der Waals surface area contributed by atoms with Crippen molar-refractivity contribution in [2.45, 2.75) is 0 Å². The predicted molar refractivity (Wildman–Crippen MR) is 92.9 cm³/mol. The minimum Gasteiger partial charge on any atom is -0.493 e. The van der Waals surface area contributed by atoms with Gasteiger partial charge in [-0.1, -0.05) is 23.4 Å². The number of ether oxygens (including phenoxy) is 2. The van der Waals surface area contributed by atoms with Gasteiger partial charge in [0.25, 0.3) is 5.91 Å². The van der Waals surface area contributed by atoms with Crippen LogP contribution in [0, 0.1) is 0 Å². The van der Waals surface area contributed by atoms with E-state index in [1.807, 2.05) is 36.4 Å². The van der Waals surface area contributed by atoms with E-state index in [0.717, 1.165) is 11.3 Å². The van der Waals surface area contributed by atoms with Crippen molar-refractivity contribution >= 4 is 17.8 Å². The minimum absolute atomic E-state index is 0.144. The molecule has 2 rings (SSSR count). The molecule has 0 radical (unpaired) electrons. The van der Waals surface area contributed by atoms with Crippen molar-refractivity contribution in [2.75, 3.05) is 32.8 Å². The van der Waals surface area contributed by atoms with Crippen molar-refractivity contribution in [1.29, 1.82) is 0 Å². The molecule has 0 saturated heterocycles. The van der Waals surface area contributed by atoms with Gasteiger partial charge in [-0.3, -0.25) is 4.79 Å². The van der Waals surface area contributed by atoms with Gasteiger partial charge in [-0.2, -0.15) is 0 Å². The van der Waals surface area contributed by atoms with E-state index in [1.54, 1.807) is 33.4 Å². The molecule has 0 bridgehead atoms. The average Bonchev–Trinajstić information content (AvgIpc) is 2.64. The Balaban J connectivity index is 1.89. The smallest absolute Gasteiger partial charge is 0.267 e. The molecule has 0 saturated carbocycles. The number of para-hydroxylation sites is 1. The number of hydrogen-bond acceptors (Lipinski definition) is 5. The molecule has 0 spiro atoms. The molecule has 2 aromatic carbocycles. The average molecular weight is 328 g/mol. The summed E-state index contributed by atoms with van der Waals surface area (Å²) in [6.45, 7) is -0.144. The lowest BCUT2D eigenvalue weighted by Crippen LogP contribution is -2.29. The fourth-order valence-electron chi connectivity index (χ4n) is 2.02. The molecule has 0 atom stereocenters. The predicted octanol–water partition coefficient (Wildman–Crippen LogP) is 2.72. The lowest BCUT2D eigenvalue weighted by atomic mass is 10.2. The van der Waals surface area contributed by atoms with Gasteiger partial charge >= 0.3 is 0 Å². The van der Waals surface area contributed by atoms with Crippen LogP contribution in [0.15, 0.2) is 53.7 Å². The van der Waals surface area contributed by atoms with Crippen molar-refractivity contribution in [3.05, 3.63) is 54.1 Å². The van der Waals surface area contributed by atoms with Gasteiger partial charge in [0.15, 0.2) is 18.1 Å². The molecule has 0 N–H and O–H groups in total. The number of methoxy groups -OCH3 is 2. The molecule has 0 fully saturated rings. The summed E-state index contributed by atoms with van der Waals surface area (Å²) in [6.07, 6.45) is 1.51. The maximum absolute atomic E-state index is 12.0. The van der Waals surface area contributed by atoms with Gasteiger partial charge < -0.3 is 19.2 Å². The number of carbonyl (C=O) groups excluding carboxylic acids is 1. The molecule has 6 heteroatoms. The Labute approximate surface area is 141 Å². The van der Waals surface area contributed by atoms with Crippen LogP contribution in [-0.4, -0.2) is 40.0 Å². The molecule has 6 nitrogen and oxygen atoms in total. The van der Waals surface area contributed by atoms with Crippen LogP contribution in [0.3, 0.4) is 0 Å². The van der Waals surface area contributed by atoms with E-state index in [0.29, 0.717) is 11.5 Å². The second-order valence-corrected chi connectivity index (χ2v) is 4.91. The molecule has 2 aromatic rings. The van der Waals surface area contributed by atoms with Crippen LogP contribution in [0.4, 0.5) is 5.69 Å². The van der Waals surface area contributed by atoms with Crippen molar-refractivity contribution in [1.82, 2.24) is 0 Å². The third kappa shape index (κ3) is 4.49. The van der Waals surface area contributed by atoms with Crippen LogP contribution in [-0.2, 0) is 9.63 Å². The number of carbonyl (C=O) groups is 1. The summed E-state index contributed by atoms with van der Waals surface area (Å²) in [5.74, 6) is 1.04. The zero-order chi connectivity index (χ0) is 17.4. The quantitative estimate of drug-likeness (QED) is 0.579. The van der Waals surface area contributed by atoms with Crippen LogP contribution in [0.5, 0.6) is 11.5 Å². The Morgan fingerprint density at radius 1 is 1.08 bits per heavy atom. The fourth-order valence-corrected chi connectivity index (χ4v) is 2.02. The summed E-state index contributed by atoms with van der Waals surface area (Å²) in [4.78, 5) is 18.6. The number of anilines is 1. The zero-order valence-electron chi connectivity index (χ0n) is 13.9. The summed E-state index contributed by atoms with van der Waals surface area (Å²) in [5.41, 5.74) is 1.58. The van der Waals surface area contributed by atoms with Crippen molar-refractivity contribution in [3.63, 3.8) is 0 Å². The van der Waals surface area contributed by atoms with Crippen LogP contribution in [0.1, 0.15) is 5.56 Å². The minimum atomic E-state index is -0.189. The Morgan fingerprint density at radius 3 is 2.46 bits per heavy atom. The van der Waals surface area contributed by atoms with Crippen LogP contribution in [0.25, 0.3) is 0 Å². The Kier molecular flexibility index (Phi) is 6.19. The Hall–Kier alpha value is -3.02. The summed E-state index contributed by atoms with van der Waals surface area (Å²) >= 11 is 0. The van der Waals surface area contributed by atoms with Crippen molar-refractivity contribution in [3.8, 4) is 11.5 Å². The van der Waals surface area contributed by atoms with Gasteiger partial charge in [-0.15, -0.1) is 0 Å². The molecule has 0 aromatic heterocycles. The Bertz CT molecular complexity index is 701. The number of rotatable bonds is 7. The second kappa shape index (κ2) is 8.57. The van der Waals surface area contributed by atoms with E-state index in [4.69, 9.17) is 14.3 Å². The standard InChI is InChI=1S/C18H20N2O4/c1-20(15-7-5-4-6-8-15)18(21)13-24-19-12-14-9-10-16(22-2)17(11-14)23-3/h4-12H,13H2,1-3H3/b19-12-. The highest BCUT2D eigenvalue weighted by Gasteiger charge is 2.10. The van der Waals surface area contributed by atoms with E-state index >= 15 is 0 Å². The van der Waals surface area contributed by atoms with Crippen LogP contribution >= 0.6 is 0 Å². The maximum atomic E-state index is 12.0. The Morgan fingerprint density at radius 2 is 1.79 bits per heavy atom. The van der Waals surface area contributed by atoms with E-state index in [-0.39, 0.29) is 12.5 Å². The molecule has 126 valence electrons. The molecule has 0 aliphatic heterocycles. The van der Waals surface area contributed by atoms with Gasteiger partial charge in [0.2, 0.25) is 0 Å². The van der Waals surface area contributed by atoms with Gasteiger partial charge in [0.05, 0.1) is 20.4 Å².